The summed E-state index contributed by atoms with van der Waals surface area (Å²) in [5.41, 5.74) is 4.50. The molecule has 0 fully saturated rings. The van der Waals surface area contributed by atoms with Crippen LogP contribution in [0.3, 0.4) is 0 Å². The molecule has 2 aromatic heterocycles. The molecule has 1 N–H and O–H groups in total. The number of hydrogen-bond acceptors (Lipinski definition) is 5. The predicted octanol–water partition coefficient (Wildman–Crippen LogP) is 4.12. The summed E-state index contributed by atoms with van der Waals surface area (Å²) in [6.07, 6.45) is 2.92. The highest BCUT2D eigenvalue weighted by molar-refractivity contribution is 7.06. The summed E-state index contributed by atoms with van der Waals surface area (Å²) in [6.45, 7) is 3.89. The van der Waals surface area contributed by atoms with E-state index in [2.05, 4.69) is 27.7 Å². The monoisotopic (exact) mass is 362 g/mol. The molecule has 1 amide bonds. The first-order valence-corrected chi connectivity index (χ1v) is 9.09. The topological polar surface area (TPSA) is 78.7 Å². The van der Waals surface area contributed by atoms with Gasteiger partial charge in [0.15, 0.2) is 0 Å². The Morgan fingerprint density at radius 3 is 2.88 bits per heavy atom. The maximum absolute atomic E-state index is 12.9. The number of para-hydroxylation sites is 1. The highest BCUT2D eigenvalue weighted by atomic mass is 32.1. The molecule has 26 heavy (non-hydrogen) atoms. The van der Waals surface area contributed by atoms with Crippen molar-refractivity contribution in [2.24, 2.45) is 0 Å². The van der Waals surface area contributed by atoms with Crippen LogP contribution in [0.1, 0.15) is 44.7 Å². The lowest BCUT2D eigenvalue weighted by molar-refractivity contribution is 0.102. The van der Waals surface area contributed by atoms with E-state index in [0.29, 0.717) is 23.2 Å². The first kappa shape index (κ1) is 17.8. The number of amides is 1. The standard InChI is InChI=1S/C20H18N4OS/c1-3-15-6-4-5-7-17(15)23-20(25)19-13(2)24-26-18(19)11-16-10-14(12-21)8-9-22-16/h4-10H,3,11H2,1-2H3,(H,23,25). The number of carbonyl (C=O) groups is 1. The Morgan fingerprint density at radius 2 is 2.12 bits per heavy atom. The summed E-state index contributed by atoms with van der Waals surface area (Å²) >= 11 is 1.30. The Hall–Kier alpha value is -3.04. The van der Waals surface area contributed by atoms with E-state index in [0.717, 1.165) is 28.2 Å². The summed E-state index contributed by atoms with van der Waals surface area (Å²) in [5, 5.41) is 12.0. The molecule has 0 spiro atoms. The van der Waals surface area contributed by atoms with Crippen molar-refractivity contribution in [2.45, 2.75) is 26.7 Å². The van der Waals surface area contributed by atoms with Crippen LogP contribution >= 0.6 is 11.5 Å². The van der Waals surface area contributed by atoms with E-state index < -0.39 is 0 Å². The molecule has 3 rings (SSSR count). The second kappa shape index (κ2) is 7.89. The molecule has 0 atom stereocenters. The molecule has 0 aliphatic heterocycles. The summed E-state index contributed by atoms with van der Waals surface area (Å²) in [6, 6.07) is 13.3. The van der Waals surface area contributed by atoms with Gasteiger partial charge in [0, 0.05) is 28.9 Å². The number of hydrogen-bond donors (Lipinski definition) is 1. The maximum Gasteiger partial charge on any atom is 0.258 e. The van der Waals surface area contributed by atoms with Crippen LogP contribution in [0.2, 0.25) is 0 Å². The van der Waals surface area contributed by atoms with E-state index in [1.165, 1.54) is 11.5 Å². The molecule has 0 saturated carbocycles. The van der Waals surface area contributed by atoms with Crippen molar-refractivity contribution in [3.63, 3.8) is 0 Å². The molecule has 0 radical (unpaired) electrons. The number of carbonyl (C=O) groups excluding carboxylic acids is 1. The van der Waals surface area contributed by atoms with Crippen LogP contribution in [-0.4, -0.2) is 15.3 Å². The lowest BCUT2D eigenvalue weighted by Gasteiger charge is -2.10. The zero-order valence-electron chi connectivity index (χ0n) is 14.6. The summed E-state index contributed by atoms with van der Waals surface area (Å²) in [5.74, 6) is -0.163. The van der Waals surface area contributed by atoms with E-state index in [1.54, 1.807) is 18.3 Å². The Kier molecular flexibility index (Phi) is 5.40. The third-order valence-corrected chi connectivity index (χ3v) is 5.03. The first-order chi connectivity index (χ1) is 12.6. The first-order valence-electron chi connectivity index (χ1n) is 8.31. The second-order valence-corrected chi connectivity index (χ2v) is 6.71. The fourth-order valence-corrected chi connectivity index (χ4v) is 3.66. The van der Waals surface area contributed by atoms with Gasteiger partial charge in [-0.25, -0.2) is 0 Å². The smallest absolute Gasteiger partial charge is 0.258 e. The fourth-order valence-electron chi connectivity index (χ4n) is 2.77. The predicted molar refractivity (Wildman–Crippen MR) is 102 cm³/mol. The van der Waals surface area contributed by atoms with Gasteiger partial charge in [0.25, 0.3) is 5.91 Å². The molecule has 0 aliphatic rings. The van der Waals surface area contributed by atoms with Crippen LogP contribution in [0, 0.1) is 18.3 Å². The molecular formula is C20H18N4OS. The van der Waals surface area contributed by atoms with Crippen molar-refractivity contribution in [2.75, 3.05) is 5.32 Å². The van der Waals surface area contributed by atoms with Crippen molar-refractivity contribution >= 4 is 23.1 Å². The van der Waals surface area contributed by atoms with Crippen LogP contribution in [0.5, 0.6) is 0 Å². The van der Waals surface area contributed by atoms with Crippen molar-refractivity contribution < 1.29 is 4.79 Å². The largest absolute Gasteiger partial charge is 0.322 e. The molecule has 6 heteroatoms. The van der Waals surface area contributed by atoms with Crippen LogP contribution in [-0.2, 0) is 12.8 Å². The van der Waals surface area contributed by atoms with Crippen LogP contribution in [0.25, 0.3) is 0 Å². The van der Waals surface area contributed by atoms with Gasteiger partial charge in [-0.3, -0.25) is 9.78 Å². The average molecular weight is 362 g/mol. The molecular weight excluding hydrogens is 344 g/mol. The zero-order chi connectivity index (χ0) is 18.5. The van der Waals surface area contributed by atoms with Crippen LogP contribution in [0.4, 0.5) is 5.69 Å². The van der Waals surface area contributed by atoms with Crippen molar-refractivity contribution in [1.82, 2.24) is 9.36 Å². The van der Waals surface area contributed by atoms with Crippen LogP contribution < -0.4 is 5.32 Å². The Balaban J connectivity index is 1.87. The van der Waals surface area contributed by atoms with Gasteiger partial charge >= 0.3 is 0 Å². The van der Waals surface area contributed by atoms with Gasteiger partial charge in [0.1, 0.15) is 0 Å². The normalized spacial score (nSPS) is 10.3. The van der Waals surface area contributed by atoms with Crippen molar-refractivity contribution in [3.8, 4) is 6.07 Å². The van der Waals surface area contributed by atoms with Crippen molar-refractivity contribution in [1.29, 1.82) is 5.26 Å². The maximum atomic E-state index is 12.9. The Bertz CT molecular complexity index is 987. The number of nitrogens with one attached hydrogen (secondary N) is 1. The van der Waals surface area contributed by atoms with E-state index in [9.17, 15) is 4.79 Å². The highest BCUT2D eigenvalue weighted by Gasteiger charge is 2.20. The van der Waals surface area contributed by atoms with Gasteiger partial charge in [0.05, 0.1) is 22.9 Å². The number of benzene rings is 1. The minimum absolute atomic E-state index is 0.163. The number of aromatic nitrogens is 2. The zero-order valence-corrected chi connectivity index (χ0v) is 15.4. The number of nitrogens with zero attached hydrogens (tertiary/aromatic N) is 3. The van der Waals surface area contributed by atoms with Gasteiger partial charge < -0.3 is 5.32 Å². The van der Waals surface area contributed by atoms with Gasteiger partial charge in [-0.05, 0) is 48.6 Å². The van der Waals surface area contributed by atoms with E-state index in [-0.39, 0.29) is 5.91 Å². The molecule has 2 heterocycles. The fraction of sp³-hybridized carbons (Fsp3) is 0.200. The van der Waals surface area contributed by atoms with Crippen LogP contribution in [0.15, 0.2) is 42.6 Å². The number of anilines is 1. The van der Waals surface area contributed by atoms with E-state index in [1.807, 2.05) is 31.2 Å². The quantitative estimate of drug-likeness (QED) is 0.740. The SMILES string of the molecule is CCc1ccccc1NC(=O)c1c(C)nsc1Cc1cc(C#N)ccn1. The molecule has 3 aromatic rings. The van der Waals surface area contributed by atoms with Gasteiger partial charge in [-0.15, -0.1) is 0 Å². The summed E-state index contributed by atoms with van der Waals surface area (Å²) in [4.78, 5) is 18.0. The number of rotatable bonds is 5. The molecule has 1 aromatic carbocycles. The minimum atomic E-state index is -0.163. The summed E-state index contributed by atoms with van der Waals surface area (Å²) < 4.78 is 4.35. The van der Waals surface area contributed by atoms with Gasteiger partial charge in [0.2, 0.25) is 0 Å². The minimum Gasteiger partial charge on any atom is -0.322 e. The summed E-state index contributed by atoms with van der Waals surface area (Å²) in [7, 11) is 0. The Morgan fingerprint density at radius 1 is 1.31 bits per heavy atom. The molecule has 0 unspecified atom stereocenters. The van der Waals surface area contributed by atoms with E-state index >= 15 is 0 Å². The van der Waals surface area contributed by atoms with E-state index in [4.69, 9.17) is 5.26 Å². The second-order valence-electron chi connectivity index (χ2n) is 5.86. The highest BCUT2D eigenvalue weighted by Crippen LogP contribution is 2.24. The number of aryl methyl sites for hydroxylation is 2. The number of nitriles is 1. The third kappa shape index (κ3) is 3.79. The third-order valence-electron chi connectivity index (χ3n) is 4.09. The lowest BCUT2D eigenvalue weighted by Crippen LogP contribution is -2.15. The average Bonchev–Trinajstić information content (AvgIpc) is 3.02. The molecule has 0 aliphatic carbocycles. The number of pyridine rings is 1. The lowest BCUT2D eigenvalue weighted by atomic mass is 10.1. The molecule has 130 valence electrons. The Labute approximate surface area is 156 Å². The van der Waals surface area contributed by atoms with Crippen molar-refractivity contribution in [3.05, 3.63) is 75.6 Å². The molecule has 0 bridgehead atoms. The van der Waals surface area contributed by atoms with Gasteiger partial charge in [-0.2, -0.15) is 9.64 Å². The molecule has 5 nitrogen and oxygen atoms in total. The van der Waals surface area contributed by atoms with Gasteiger partial charge in [-0.1, -0.05) is 25.1 Å². The molecule has 0 saturated heterocycles.